The van der Waals surface area contributed by atoms with Crippen LogP contribution in [0.5, 0.6) is 0 Å². The Morgan fingerprint density at radius 3 is 2.17 bits per heavy atom. The third-order valence-electron chi connectivity index (χ3n) is 5.05. The van der Waals surface area contributed by atoms with Crippen LogP contribution in [0.3, 0.4) is 0 Å². The van der Waals surface area contributed by atoms with Crippen molar-refractivity contribution in [1.29, 1.82) is 0 Å². The molecular formula is C15H25NO2. The molecule has 1 saturated carbocycles. The number of nitrogens with zero attached hydrogens (tertiary/aromatic N) is 1. The Bertz CT molecular complexity index is 289. The Morgan fingerprint density at radius 2 is 1.61 bits per heavy atom. The second-order valence-electron chi connectivity index (χ2n) is 6.30. The Hall–Kier alpha value is -0.570. The highest BCUT2D eigenvalue weighted by Crippen LogP contribution is 2.31. The van der Waals surface area contributed by atoms with Gasteiger partial charge >= 0.3 is 5.97 Å². The van der Waals surface area contributed by atoms with Crippen LogP contribution in [0.4, 0.5) is 0 Å². The molecule has 0 amide bonds. The number of ether oxygens (including phenoxy) is 1. The van der Waals surface area contributed by atoms with Crippen molar-refractivity contribution in [2.75, 3.05) is 19.6 Å². The SMILES string of the molecule is O=C(O[C@H]1CN2CCC1CC2)C1CCCCCC1. The van der Waals surface area contributed by atoms with Crippen molar-refractivity contribution < 1.29 is 9.53 Å². The smallest absolute Gasteiger partial charge is 0.309 e. The van der Waals surface area contributed by atoms with Gasteiger partial charge in [-0.2, -0.15) is 0 Å². The average molecular weight is 251 g/mol. The minimum absolute atomic E-state index is 0.107. The first-order valence-corrected chi connectivity index (χ1v) is 7.76. The van der Waals surface area contributed by atoms with Crippen LogP contribution in [-0.2, 0) is 9.53 Å². The molecule has 102 valence electrons. The molecule has 3 heteroatoms. The van der Waals surface area contributed by atoms with E-state index < -0.39 is 0 Å². The minimum atomic E-state index is 0.107. The third-order valence-corrected chi connectivity index (χ3v) is 5.05. The molecule has 0 unspecified atom stereocenters. The van der Waals surface area contributed by atoms with Gasteiger partial charge in [0, 0.05) is 6.54 Å². The molecule has 2 bridgehead atoms. The second kappa shape index (κ2) is 5.60. The molecule has 3 heterocycles. The number of hydrogen-bond donors (Lipinski definition) is 0. The van der Waals surface area contributed by atoms with Gasteiger partial charge in [0.1, 0.15) is 6.10 Å². The summed E-state index contributed by atoms with van der Waals surface area (Å²) in [7, 11) is 0. The average Bonchev–Trinajstić information content (AvgIpc) is 2.69. The van der Waals surface area contributed by atoms with Crippen molar-refractivity contribution in [2.45, 2.75) is 57.5 Å². The Labute approximate surface area is 110 Å². The van der Waals surface area contributed by atoms with Gasteiger partial charge in [-0.15, -0.1) is 0 Å². The lowest BCUT2D eigenvalue weighted by Crippen LogP contribution is -2.52. The summed E-state index contributed by atoms with van der Waals surface area (Å²) in [6, 6.07) is 0. The zero-order valence-corrected chi connectivity index (χ0v) is 11.3. The zero-order valence-electron chi connectivity index (χ0n) is 11.3. The summed E-state index contributed by atoms with van der Waals surface area (Å²) in [5.41, 5.74) is 0. The van der Waals surface area contributed by atoms with Gasteiger partial charge in [-0.3, -0.25) is 9.69 Å². The Kier molecular flexibility index (Phi) is 3.88. The van der Waals surface area contributed by atoms with Gasteiger partial charge in [0.05, 0.1) is 5.92 Å². The van der Waals surface area contributed by atoms with Crippen molar-refractivity contribution in [1.82, 2.24) is 4.90 Å². The van der Waals surface area contributed by atoms with E-state index in [4.69, 9.17) is 4.74 Å². The van der Waals surface area contributed by atoms with Crippen molar-refractivity contribution >= 4 is 5.97 Å². The third kappa shape index (κ3) is 2.71. The molecule has 4 fully saturated rings. The van der Waals surface area contributed by atoms with Crippen LogP contribution >= 0.6 is 0 Å². The van der Waals surface area contributed by atoms with E-state index >= 15 is 0 Å². The van der Waals surface area contributed by atoms with Crippen LogP contribution < -0.4 is 0 Å². The van der Waals surface area contributed by atoms with E-state index in [2.05, 4.69) is 4.90 Å². The van der Waals surface area contributed by atoms with Crippen LogP contribution in [0.25, 0.3) is 0 Å². The van der Waals surface area contributed by atoms with Gasteiger partial charge in [-0.25, -0.2) is 0 Å². The molecule has 0 aromatic heterocycles. The highest BCUT2D eigenvalue weighted by Gasteiger charge is 2.37. The molecule has 1 aliphatic carbocycles. The summed E-state index contributed by atoms with van der Waals surface area (Å²) in [6.07, 6.45) is 9.77. The van der Waals surface area contributed by atoms with Gasteiger partial charge in [0.2, 0.25) is 0 Å². The van der Waals surface area contributed by atoms with Crippen LogP contribution in [0, 0.1) is 11.8 Å². The van der Waals surface area contributed by atoms with Gasteiger partial charge in [0.25, 0.3) is 0 Å². The Morgan fingerprint density at radius 1 is 0.944 bits per heavy atom. The number of carbonyl (C=O) groups is 1. The highest BCUT2D eigenvalue weighted by atomic mass is 16.5. The van der Waals surface area contributed by atoms with E-state index in [1.165, 1.54) is 51.6 Å². The fourth-order valence-corrected chi connectivity index (χ4v) is 3.80. The van der Waals surface area contributed by atoms with E-state index in [0.717, 1.165) is 19.4 Å². The molecule has 3 saturated heterocycles. The number of fused-ring (bicyclic) bond motifs is 3. The van der Waals surface area contributed by atoms with Gasteiger partial charge in [-0.1, -0.05) is 25.7 Å². The highest BCUT2D eigenvalue weighted by molar-refractivity contribution is 5.72. The normalized spacial score (nSPS) is 37.2. The van der Waals surface area contributed by atoms with Crippen molar-refractivity contribution in [2.24, 2.45) is 11.8 Å². The predicted octanol–water partition coefficient (Wildman–Crippen LogP) is 2.59. The van der Waals surface area contributed by atoms with E-state index in [0.29, 0.717) is 5.92 Å². The standard InChI is InChI=1S/C15H25NO2/c17-15(13-5-3-1-2-4-6-13)18-14-11-16-9-7-12(14)8-10-16/h12-14H,1-11H2/t14-/m0/s1. The maximum absolute atomic E-state index is 12.3. The summed E-state index contributed by atoms with van der Waals surface area (Å²) in [6.45, 7) is 3.41. The number of rotatable bonds is 2. The molecule has 0 aromatic carbocycles. The summed E-state index contributed by atoms with van der Waals surface area (Å²) in [5, 5.41) is 0. The van der Waals surface area contributed by atoms with Crippen molar-refractivity contribution in [3.05, 3.63) is 0 Å². The van der Waals surface area contributed by atoms with Crippen molar-refractivity contribution in [3.8, 4) is 0 Å². The monoisotopic (exact) mass is 251 g/mol. The number of carbonyl (C=O) groups excluding carboxylic acids is 1. The topological polar surface area (TPSA) is 29.5 Å². The molecule has 0 N–H and O–H groups in total. The van der Waals surface area contributed by atoms with Crippen LogP contribution in [0.1, 0.15) is 51.4 Å². The number of piperidine rings is 3. The largest absolute Gasteiger partial charge is 0.460 e. The minimum Gasteiger partial charge on any atom is -0.460 e. The first-order chi connectivity index (χ1) is 8.83. The number of hydrogen-bond acceptors (Lipinski definition) is 3. The first-order valence-electron chi connectivity index (χ1n) is 7.76. The summed E-state index contributed by atoms with van der Waals surface area (Å²) in [4.78, 5) is 14.7. The predicted molar refractivity (Wildman–Crippen MR) is 70.2 cm³/mol. The molecular weight excluding hydrogens is 226 g/mol. The molecule has 4 rings (SSSR count). The molecule has 1 atom stereocenters. The van der Waals surface area contributed by atoms with Crippen molar-refractivity contribution in [3.63, 3.8) is 0 Å². The molecule has 0 spiro atoms. The van der Waals surface area contributed by atoms with Gasteiger partial charge < -0.3 is 4.74 Å². The molecule has 0 radical (unpaired) electrons. The molecule has 3 nitrogen and oxygen atoms in total. The van der Waals surface area contributed by atoms with E-state index in [-0.39, 0.29) is 18.0 Å². The number of esters is 1. The summed E-state index contributed by atoms with van der Waals surface area (Å²) >= 11 is 0. The lowest BCUT2D eigenvalue weighted by Gasteiger charge is -2.44. The van der Waals surface area contributed by atoms with E-state index in [1.807, 2.05) is 0 Å². The first kappa shape index (κ1) is 12.5. The van der Waals surface area contributed by atoms with Gasteiger partial charge in [-0.05, 0) is 44.7 Å². The zero-order chi connectivity index (χ0) is 12.4. The van der Waals surface area contributed by atoms with Crippen LogP contribution in [-0.4, -0.2) is 36.6 Å². The second-order valence-corrected chi connectivity index (χ2v) is 6.30. The van der Waals surface area contributed by atoms with Crippen LogP contribution in [0.2, 0.25) is 0 Å². The molecule has 0 aromatic rings. The van der Waals surface area contributed by atoms with Crippen LogP contribution in [0.15, 0.2) is 0 Å². The summed E-state index contributed by atoms with van der Waals surface area (Å²) in [5.74, 6) is 0.948. The van der Waals surface area contributed by atoms with E-state index in [9.17, 15) is 4.79 Å². The fraction of sp³-hybridized carbons (Fsp3) is 0.933. The van der Waals surface area contributed by atoms with Gasteiger partial charge in [0.15, 0.2) is 0 Å². The quantitative estimate of drug-likeness (QED) is 0.558. The maximum atomic E-state index is 12.3. The fourth-order valence-electron chi connectivity index (χ4n) is 3.80. The lowest BCUT2D eigenvalue weighted by atomic mass is 9.85. The molecule has 3 aliphatic heterocycles. The van der Waals surface area contributed by atoms with E-state index in [1.54, 1.807) is 0 Å². The Balaban J connectivity index is 1.53. The molecule has 18 heavy (non-hydrogen) atoms. The summed E-state index contributed by atoms with van der Waals surface area (Å²) < 4.78 is 5.84. The maximum Gasteiger partial charge on any atom is 0.309 e. The lowest BCUT2D eigenvalue weighted by molar-refractivity contribution is -0.164. The molecule has 4 aliphatic rings.